The summed E-state index contributed by atoms with van der Waals surface area (Å²) in [6.07, 6.45) is 0.957. The molecule has 1 aromatic carbocycles. The Labute approximate surface area is 136 Å². The number of methoxy groups -OCH3 is 1. The third kappa shape index (κ3) is 4.30. The van der Waals surface area contributed by atoms with Crippen molar-refractivity contribution in [3.05, 3.63) is 35.4 Å². The molecule has 23 heavy (non-hydrogen) atoms. The molecule has 2 rings (SSSR count). The van der Waals surface area contributed by atoms with E-state index in [9.17, 15) is 9.59 Å². The van der Waals surface area contributed by atoms with Gasteiger partial charge < -0.3 is 20.5 Å². The lowest BCUT2D eigenvalue weighted by Crippen LogP contribution is -2.57. The van der Waals surface area contributed by atoms with Crippen molar-refractivity contribution in [3.8, 4) is 0 Å². The number of benzene rings is 1. The van der Waals surface area contributed by atoms with Crippen LogP contribution >= 0.6 is 0 Å². The predicted octanol–water partition coefficient (Wildman–Crippen LogP) is 0.876. The molecule has 1 atom stereocenters. The number of carbonyl (C=O) groups is 2. The van der Waals surface area contributed by atoms with Crippen molar-refractivity contribution >= 4 is 11.9 Å². The summed E-state index contributed by atoms with van der Waals surface area (Å²) in [4.78, 5) is 24.4. The average Bonchev–Trinajstić information content (AvgIpc) is 2.56. The Morgan fingerprint density at radius 1 is 1.30 bits per heavy atom. The molecule has 1 heterocycles. The molecule has 1 aliphatic rings. The molecule has 1 aromatic rings. The first-order valence-corrected chi connectivity index (χ1v) is 7.75. The normalized spacial score (nSPS) is 18.0. The van der Waals surface area contributed by atoms with Crippen LogP contribution < -0.4 is 11.1 Å². The van der Waals surface area contributed by atoms with Crippen LogP contribution in [0.3, 0.4) is 0 Å². The number of carbonyl (C=O) groups excluding carboxylic acids is 2. The smallest absolute Gasteiger partial charge is 0.314 e. The van der Waals surface area contributed by atoms with Crippen LogP contribution in [-0.2, 0) is 19.1 Å². The van der Waals surface area contributed by atoms with Crippen LogP contribution in [0.1, 0.15) is 29.9 Å². The van der Waals surface area contributed by atoms with Crippen molar-refractivity contribution in [2.75, 3.05) is 26.9 Å². The molecule has 3 N–H and O–H groups in total. The number of nitrogens with one attached hydrogen (secondary N) is 1. The second-order valence-electron chi connectivity index (χ2n) is 5.96. The molecule has 1 fully saturated rings. The molecule has 0 aromatic heterocycles. The summed E-state index contributed by atoms with van der Waals surface area (Å²) in [5, 5.41) is 2.80. The van der Waals surface area contributed by atoms with Crippen LogP contribution in [0, 0.1) is 6.92 Å². The molecule has 0 bridgehead atoms. The minimum Gasteiger partial charge on any atom is -0.468 e. The van der Waals surface area contributed by atoms with Crippen molar-refractivity contribution in [2.45, 2.75) is 31.2 Å². The molecule has 1 saturated heterocycles. The van der Waals surface area contributed by atoms with E-state index < -0.39 is 11.5 Å². The van der Waals surface area contributed by atoms with Gasteiger partial charge in [-0.2, -0.15) is 0 Å². The molecule has 0 radical (unpaired) electrons. The third-order valence-corrected chi connectivity index (χ3v) is 4.27. The lowest BCUT2D eigenvalue weighted by Gasteiger charge is -2.32. The molecule has 0 saturated carbocycles. The molecule has 1 amide bonds. The van der Waals surface area contributed by atoms with Gasteiger partial charge in [0.25, 0.3) is 0 Å². The van der Waals surface area contributed by atoms with Crippen LogP contribution in [0.15, 0.2) is 24.3 Å². The monoisotopic (exact) mass is 320 g/mol. The Hall–Kier alpha value is -1.92. The summed E-state index contributed by atoms with van der Waals surface area (Å²) >= 11 is 0. The van der Waals surface area contributed by atoms with E-state index in [1.54, 1.807) is 0 Å². The van der Waals surface area contributed by atoms with E-state index in [2.05, 4.69) is 5.32 Å². The highest BCUT2D eigenvalue weighted by molar-refractivity contribution is 5.87. The van der Waals surface area contributed by atoms with E-state index in [0.717, 1.165) is 11.1 Å². The van der Waals surface area contributed by atoms with Gasteiger partial charge in [-0.15, -0.1) is 0 Å². The van der Waals surface area contributed by atoms with Gasteiger partial charge in [0.2, 0.25) is 5.91 Å². The first-order chi connectivity index (χ1) is 11.0. The van der Waals surface area contributed by atoms with Crippen LogP contribution in [0.4, 0.5) is 0 Å². The fourth-order valence-corrected chi connectivity index (χ4v) is 2.61. The lowest BCUT2D eigenvalue weighted by atomic mass is 9.90. The Balaban J connectivity index is 2.05. The van der Waals surface area contributed by atoms with Crippen LogP contribution in [-0.4, -0.2) is 44.3 Å². The number of nitrogens with two attached hydrogens (primary N) is 1. The van der Waals surface area contributed by atoms with Gasteiger partial charge in [-0.3, -0.25) is 9.59 Å². The first kappa shape index (κ1) is 17.4. The lowest BCUT2D eigenvalue weighted by molar-refractivity contribution is -0.142. The molecule has 6 nitrogen and oxygen atoms in total. The van der Waals surface area contributed by atoms with Gasteiger partial charge in [-0.1, -0.05) is 29.8 Å². The fourth-order valence-electron chi connectivity index (χ4n) is 2.61. The summed E-state index contributed by atoms with van der Waals surface area (Å²) in [5.41, 5.74) is 7.13. The Morgan fingerprint density at radius 2 is 1.91 bits per heavy atom. The van der Waals surface area contributed by atoms with E-state index in [0.29, 0.717) is 26.1 Å². The Morgan fingerprint density at radius 3 is 2.48 bits per heavy atom. The van der Waals surface area contributed by atoms with E-state index in [4.69, 9.17) is 15.2 Å². The molecule has 0 spiro atoms. The summed E-state index contributed by atoms with van der Waals surface area (Å²) < 4.78 is 10.1. The van der Waals surface area contributed by atoms with Gasteiger partial charge in [-0.05, 0) is 25.3 Å². The number of hydrogen-bond donors (Lipinski definition) is 2. The minimum absolute atomic E-state index is 0.161. The first-order valence-electron chi connectivity index (χ1n) is 7.75. The van der Waals surface area contributed by atoms with Crippen LogP contribution in [0.2, 0.25) is 0 Å². The van der Waals surface area contributed by atoms with E-state index in [1.165, 1.54) is 7.11 Å². The van der Waals surface area contributed by atoms with Crippen molar-refractivity contribution in [3.63, 3.8) is 0 Å². The average molecular weight is 320 g/mol. The predicted molar refractivity (Wildman–Crippen MR) is 85.9 cm³/mol. The number of aryl methyl sites for hydroxylation is 1. The summed E-state index contributed by atoms with van der Waals surface area (Å²) in [6.45, 7) is 3.08. The summed E-state index contributed by atoms with van der Waals surface area (Å²) in [7, 11) is 1.34. The number of amides is 1. The Kier molecular flexibility index (Phi) is 5.74. The molecule has 1 aliphatic heterocycles. The summed E-state index contributed by atoms with van der Waals surface area (Å²) in [5.74, 6) is -1.18. The topological polar surface area (TPSA) is 90.7 Å². The zero-order valence-electron chi connectivity index (χ0n) is 13.6. The van der Waals surface area contributed by atoms with Gasteiger partial charge in [0.15, 0.2) is 0 Å². The van der Waals surface area contributed by atoms with Gasteiger partial charge in [0.05, 0.1) is 18.6 Å². The highest BCUT2D eigenvalue weighted by atomic mass is 16.5. The van der Waals surface area contributed by atoms with Gasteiger partial charge in [0, 0.05) is 19.8 Å². The van der Waals surface area contributed by atoms with Gasteiger partial charge in [0.1, 0.15) is 0 Å². The van der Waals surface area contributed by atoms with E-state index in [-0.39, 0.29) is 18.4 Å². The molecule has 1 unspecified atom stereocenters. The van der Waals surface area contributed by atoms with Crippen LogP contribution in [0.25, 0.3) is 0 Å². The summed E-state index contributed by atoms with van der Waals surface area (Å²) in [6, 6.07) is 7.59. The number of rotatable bonds is 5. The van der Waals surface area contributed by atoms with Crippen molar-refractivity contribution in [1.29, 1.82) is 0 Å². The van der Waals surface area contributed by atoms with Crippen molar-refractivity contribution < 1.29 is 19.1 Å². The number of hydrogen-bond acceptors (Lipinski definition) is 5. The minimum atomic E-state index is -0.924. The second-order valence-corrected chi connectivity index (χ2v) is 5.96. The maximum atomic E-state index is 12.4. The zero-order chi connectivity index (χ0) is 16.9. The standard InChI is InChI=1S/C17H24N2O4/c1-12-3-5-13(6-4-12)14(15(20)22-2)11-19-16(21)17(18)7-9-23-10-8-17/h3-6,14H,7-11,18H2,1-2H3,(H,19,21). The van der Waals surface area contributed by atoms with Gasteiger partial charge >= 0.3 is 5.97 Å². The third-order valence-electron chi connectivity index (χ3n) is 4.27. The fraction of sp³-hybridized carbons (Fsp3) is 0.529. The van der Waals surface area contributed by atoms with E-state index in [1.807, 2.05) is 31.2 Å². The van der Waals surface area contributed by atoms with E-state index >= 15 is 0 Å². The highest BCUT2D eigenvalue weighted by Crippen LogP contribution is 2.20. The van der Waals surface area contributed by atoms with Crippen molar-refractivity contribution in [1.82, 2.24) is 5.32 Å². The second kappa shape index (κ2) is 7.57. The van der Waals surface area contributed by atoms with Crippen LogP contribution in [0.5, 0.6) is 0 Å². The van der Waals surface area contributed by atoms with Gasteiger partial charge in [-0.25, -0.2) is 0 Å². The number of ether oxygens (including phenoxy) is 2. The molecular weight excluding hydrogens is 296 g/mol. The largest absolute Gasteiger partial charge is 0.468 e. The zero-order valence-corrected chi connectivity index (χ0v) is 13.6. The maximum absolute atomic E-state index is 12.4. The molecular formula is C17H24N2O4. The highest BCUT2D eigenvalue weighted by Gasteiger charge is 2.36. The quantitative estimate of drug-likeness (QED) is 0.786. The molecule has 6 heteroatoms. The SMILES string of the molecule is COC(=O)C(CNC(=O)C1(N)CCOCC1)c1ccc(C)cc1. The molecule has 126 valence electrons. The van der Waals surface area contributed by atoms with Crippen molar-refractivity contribution in [2.24, 2.45) is 5.73 Å². The number of esters is 1. The maximum Gasteiger partial charge on any atom is 0.314 e. The Bertz CT molecular complexity index is 550. The molecule has 0 aliphatic carbocycles.